The van der Waals surface area contributed by atoms with Crippen molar-refractivity contribution >= 4 is 35.2 Å². The summed E-state index contributed by atoms with van der Waals surface area (Å²) in [6, 6.07) is 22.1. The highest BCUT2D eigenvalue weighted by molar-refractivity contribution is 6.30. The topological polar surface area (TPSA) is 87.7 Å². The zero-order valence-corrected chi connectivity index (χ0v) is 24.4. The minimum Gasteiger partial charge on any atom is -0.444 e. The normalized spacial score (nSPS) is 15.5. The third-order valence-corrected chi connectivity index (χ3v) is 6.83. The first-order valence-electron chi connectivity index (χ1n) is 13.8. The van der Waals surface area contributed by atoms with Gasteiger partial charge in [-0.1, -0.05) is 78.4 Å². The molecule has 0 fully saturated rings. The Bertz CT molecular complexity index is 1380. The predicted molar refractivity (Wildman–Crippen MR) is 162 cm³/mol. The third kappa shape index (κ3) is 8.44. The lowest BCUT2D eigenvalue weighted by molar-refractivity contribution is -0.126. The molecule has 0 saturated heterocycles. The van der Waals surface area contributed by atoms with Crippen molar-refractivity contribution in [2.45, 2.75) is 64.3 Å². The Labute approximate surface area is 246 Å². The van der Waals surface area contributed by atoms with Gasteiger partial charge >= 0.3 is 6.09 Å². The molecule has 214 valence electrons. The van der Waals surface area contributed by atoms with Crippen LogP contribution in [0.2, 0.25) is 5.02 Å². The molecule has 2 unspecified atom stereocenters. The van der Waals surface area contributed by atoms with Crippen LogP contribution >= 0.6 is 11.6 Å². The van der Waals surface area contributed by atoms with E-state index >= 15 is 0 Å². The van der Waals surface area contributed by atoms with E-state index in [1.54, 1.807) is 57.2 Å². The second-order valence-electron chi connectivity index (χ2n) is 11.0. The molecule has 2 N–H and O–H groups in total. The van der Waals surface area contributed by atoms with Crippen LogP contribution in [0.25, 0.3) is 0 Å². The largest absolute Gasteiger partial charge is 0.444 e. The number of para-hydroxylation sites is 1. The van der Waals surface area contributed by atoms with Crippen LogP contribution in [0.1, 0.15) is 67.6 Å². The number of nitrogens with one attached hydrogen (secondary N) is 2. The van der Waals surface area contributed by atoms with Crippen LogP contribution in [0.3, 0.4) is 0 Å². The number of nitrogens with zero attached hydrogens (tertiary/aromatic N) is 1. The molecule has 0 aromatic heterocycles. The molecule has 0 radical (unpaired) electrons. The van der Waals surface area contributed by atoms with E-state index in [1.807, 2.05) is 48.5 Å². The van der Waals surface area contributed by atoms with Crippen molar-refractivity contribution < 1.29 is 19.1 Å². The van der Waals surface area contributed by atoms with Gasteiger partial charge in [0, 0.05) is 17.6 Å². The molecule has 8 heteroatoms. The molecule has 7 nitrogen and oxygen atoms in total. The Kier molecular flexibility index (Phi) is 9.84. The summed E-state index contributed by atoms with van der Waals surface area (Å²) in [6.07, 6.45) is 6.20. The molecule has 41 heavy (non-hydrogen) atoms. The molecule has 0 aliphatic heterocycles. The van der Waals surface area contributed by atoms with Crippen LogP contribution in [-0.2, 0) is 16.1 Å². The molecule has 1 aliphatic carbocycles. The number of anilines is 1. The highest BCUT2D eigenvalue weighted by Gasteiger charge is 2.34. The average molecular weight is 574 g/mol. The van der Waals surface area contributed by atoms with Crippen molar-refractivity contribution in [2.75, 3.05) is 5.32 Å². The van der Waals surface area contributed by atoms with Gasteiger partial charge in [0.2, 0.25) is 5.91 Å². The van der Waals surface area contributed by atoms with Crippen LogP contribution in [0.5, 0.6) is 0 Å². The maximum atomic E-state index is 14.4. The molecular formula is C33H36ClN3O4. The zero-order chi connectivity index (χ0) is 29.4. The van der Waals surface area contributed by atoms with Crippen molar-refractivity contribution in [3.05, 3.63) is 113 Å². The van der Waals surface area contributed by atoms with E-state index in [-0.39, 0.29) is 29.7 Å². The van der Waals surface area contributed by atoms with E-state index in [2.05, 4.69) is 16.7 Å². The summed E-state index contributed by atoms with van der Waals surface area (Å²) in [5.41, 5.74) is 1.28. The molecule has 2 atom stereocenters. The first-order valence-corrected chi connectivity index (χ1v) is 14.1. The molecule has 3 aromatic carbocycles. The molecule has 3 aromatic rings. The van der Waals surface area contributed by atoms with Gasteiger partial charge in [0.05, 0.1) is 11.3 Å². The minimum absolute atomic E-state index is 0.115. The van der Waals surface area contributed by atoms with Gasteiger partial charge in [0.1, 0.15) is 11.6 Å². The molecule has 0 spiro atoms. The summed E-state index contributed by atoms with van der Waals surface area (Å²) in [7, 11) is 0. The fourth-order valence-corrected chi connectivity index (χ4v) is 4.84. The number of amides is 3. The summed E-state index contributed by atoms with van der Waals surface area (Å²) in [6.45, 7) is 5.43. The standard InChI is InChI=1S/C33H36ClN3O4/c1-33(2,3)41-32(40)36-28-17-11-10-16-27(28)31(39)37(22-23-18-20-25(34)21-19-23)29(24-12-6-4-7-13-24)30(38)35-26-14-8-5-9-15-26/h4,6-8,10-14,16-21,26,29H,5,9,15,22H2,1-3H3,(H,35,38)(H,36,40). The van der Waals surface area contributed by atoms with E-state index < -0.39 is 23.6 Å². The number of carbonyl (C=O) groups excluding carboxylic acids is 3. The first kappa shape index (κ1) is 29.9. The van der Waals surface area contributed by atoms with E-state index in [4.69, 9.17) is 16.3 Å². The van der Waals surface area contributed by atoms with Crippen molar-refractivity contribution in [1.29, 1.82) is 0 Å². The van der Waals surface area contributed by atoms with Crippen LogP contribution in [0, 0.1) is 0 Å². The Morgan fingerprint density at radius 2 is 1.66 bits per heavy atom. The molecule has 1 aliphatic rings. The molecule has 0 heterocycles. The number of benzene rings is 3. The fraction of sp³-hybridized carbons (Fsp3) is 0.303. The number of hydrogen-bond acceptors (Lipinski definition) is 4. The number of allylic oxidation sites excluding steroid dienone is 1. The van der Waals surface area contributed by atoms with Gasteiger partial charge in [-0.05, 0) is 75.4 Å². The van der Waals surface area contributed by atoms with Crippen molar-refractivity contribution in [1.82, 2.24) is 10.2 Å². The monoisotopic (exact) mass is 573 g/mol. The van der Waals surface area contributed by atoms with Gasteiger partial charge < -0.3 is 15.0 Å². The second-order valence-corrected chi connectivity index (χ2v) is 11.5. The van der Waals surface area contributed by atoms with E-state index in [0.29, 0.717) is 10.6 Å². The maximum Gasteiger partial charge on any atom is 0.412 e. The lowest BCUT2D eigenvalue weighted by Gasteiger charge is -2.33. The highest BCUT2D eigenvalue weighted by atomic mass is 35.5. The zero-order valence-electron chi connectivity index (χ0n) is 23.6. The van der Waals surface area contributed by atoms with Crippen LogP contribution in [0.15, 0.2) is 91.0 Å². The maximum absolute atomic E-state index is 14.4. The molecule has 0 saturated carbocycles. The van der Waals surface area contributed by atoms with Crippen molar-refractivity contribution in [3.63, 3.8) is 0 Å². The lowest BCUT2D eigenvalue weighted by atomic mass is 9.99. The van der Waals surface area contributed by atoms with Crippen molar-refractivity contribution in [3.8, 4) is 0 Å². The number of carbonyl (C=O) groups is 3. The molecule has 0 bridgehead atoms. The minimum atomic E-state index is -0.940. The number of ether oxygens (including phenoxy) is 1. The van der Waals surface area contributed by atoms with Crippen LogP contribution < -0.4 is 10.6 Å². The van der Waals surface area contributed by atoms with Gasteiger partial charge in [0.15, 0.2) is 0 Å². The summed E-state index contributed by atoms with van der Waals surface area (Å²) < 4.78 is 5.43. The molecular weight excluding hydrogens is 538 g/mol. The van der Waals surface area contributed by atoms with E-state index in [9.17, 15) is 14.4 Å². The van der Waals surface area contributed by atoms with Gasteiger partial charge in [0.25, 0.3) is 5.91 Å². The van der Waals surface area contributed by atoms with Gasteiger partial charge in [-0.2, -0.15) is 0 Å². The number of hydrogen-bond donors (Lipinski definition) is 2. The van der Waals surface area contributed by atoms with Crippen LogP contribution in [-0.4, -0.2) is 34.5 Å². The van der Waals surface area contributed by atoms with E-state index in [1.165, 1.54) is 4.90 Å². The Hall–Kier alpha value is -4.10. The third-order valence-electron chi connectivity index (χ3n) is 6.58. The fourth-order valence-electron chi connectivity index (χ4n) is 4.72. The smallest absolute Gasteiger partial charge is 0.412 e. The Morgan fingerprint density at radius 3 is 2.32 bits per heavy atom. The molecule has 3 amide bonds. The lowest BCUT2D eigenvalue weighted by Crippen LogP contribution is -2.46. The Balaban J connectivity index is 1.75. The number of halogens is 1. The SMILES string of the molecule is CC(C)(C)OC(=O)Nc1ccccc1C(=O)N(Cc1ccc(Cl)cc1)C(C(=O)NC1C=CCCC1)c1ccccc1. The van der Waals surface area contributed by atoms with E-state index in [0.717, 1.165) is 24.8 Å². The van der Waals surface area contributed by atoms with Crippen molar-refractivity contribution in [2.24, 2.45) is 0 Å². The predicted octanol–water partition coefficient (Wildman–Crippen LogP) is 7.30. The van der Waals surface area contributed by atoms with Gasteiger partial charge in [-0.3, -0.25) is 14.9 Å². The van der Waals surface area contributed by atoms with Crippen LogP contribution in [0.4, 0.5) is 10.5 Å². The first-order chi connectivity index (χ1) is 19.6. The second kappa shape index (κ2) is 13.5. The summed E-state index contributed by atoms with van der Waals surface area (Å²) in [5.74, 6) is -0.706. The Morgan fingerprint density at radius 1 is 0.976 bits per heavy atom. The highest BCUT2D eigenvalue weighted by Crippen LogP contribution is 2.29. The van der Waals surface area contributed by atoms with Gasteiger partial charge in [-0.15, -0.1) is 0 Å². The number of rotatable bonds is 8. The summed E-state index contributed by atoms with van der Waals surface area (Å²) in [5, 5.41) is 6.42. The summed E-state index contributed by atoms with van der Waals surface area (Å²) in [4.78, 5) is 42.6. The quantitative estimate of drug-likeness (QED) is 0.277. The van der Waals surface area contributed by atoms with Gasteiger partial charge in [-0.25, -0.2) is 4.79 Å². The molecule has 4 rings (SSSR count). The average Bonchev–Trinajstić information content (AvgIpc) is 2.94. The summed E-state index contributed by atoms with van der Waals surface area (Å²) >= 11 is 6.14.